The van der Waals surface area contributed by atoms with Crippen molar-refractivity contribution in [1.82, 2.24) is 0 Å². The van der Waals surface area contributed by atoms with Crippen LogP contribution in [0.4, 0.5) is 0 Å². The molecule has 1 heterocycles. The first-order chi connectivity index (χ1) is 11.5. The number of thiocarbonyl (C=S) groups is 1. The highest BCUT2D eigenvalue weighted by Crippen LogP contribution is 2.42. The highest BCUT2D eigenvalue weighted by Gasteiger charge is 2.58. The molecule has 5 nitrogen and oxygen atoms in total. The Morgan fingerprint density at radius 3 is 2.21 bits per heavy atom. The van der Waals surface area contributed by atoms with Gasteiger partial charge in [0.1, 0.15) is 5.22 Å². The minimum Gasteiger partial charge on any atom is -0.471 e. The van der Waals surface area contributed by atoms with Gasteiger partial charge in [-0.05, 0) is 37.5 Å². The van der Waals surface area contributed by atoms with Gasteiger partial charge in [0, 0.05) is 21.3 Å². The van der Waals surface area contributed by atoms with E-state index in [-0.39, 0.29) is 10.4 Å². The molecule has 24 heavy (non-hydrogen) atoms. The number of rotatable bonds is 9. The number of hydrogen-bond acceptors (Lipinski definition) is 5. The van der Waals surface area contributed by atoms with Crippen molar-refractivity contribution in [2.75, 3.05) is 27.9 Å². The number of methoxy groups -OCH3 is 1. The number of ether oxygens (including phenoxy) is 2. The standard InChI is InChI=1S/C11H24O3Si.C6H13NOS/c1-5-8-11(12-2)9-6-7-10-15(11,13-3)14-4;1-2-3-4-5-8-6(7)9/h5-10H2,1-4H3;2-5H2,1H3,(H2,7,9). The summed E-state index contributed by atoms with van der Waals surface area (Å²) in [6, 6.07) is 1.06. The molecule has 1 aliphatic rings. The Labute approximate surface area is 154 Å². The molecule has 0 saturated carbocycles. The molecule has 0 bridgehead atoms. The smallest absolute Gasteiger partial charge is 0.370 e. The van der Waals surface area contributed by atoms with Gasteiger partial charge in [-0.25, -0.2) is 0 Å². The molecule has 1 atom stereocenters. The van der Waals surface area contributed by atoms with E-state index < -0.39 is 8.56 Å². The van der Waals surface area contributed by atoms with Crippen molar-refractivity contribution in [3.05, 3.63) is 0 Å². The monoisotopic (exact) mass is 379 g/mol. The van der Waals surface area contributed by atoms with Crippen LogP contribution in [-0.4, -0.2) is 46.9 Å². The summed E-state index contributed by atoms with van der Waals surface area (Å²) in [4.78, 5) is 0. The molecule has 0 aromatic rings. The van der Waals surface area contributed by atoms with E-state index in [2.05, 4.69) is 26.1 Å². The quantitative estimate of drug-likeness (QED) is 0.370. The molecule has 0 amide bonds. The third-order valence-electron chi connectivity index (χ3n) is 4.73. The van der Waals surface area contributed by atoms with Crippen LogP contribution in [0.2, 0.25) is 6.04 Å². The molecule has 1 rings (SSSR count). The lowest BCUT2D eigenvalue weighted by atomic mass is 10.1. The summed E-state index contributed by atoms with van der Waals surface area (Å²) in [7, 11) is 3.22. The molecule has 0 aliphatic carbocycles. The molecule has 2 N–H and O–H groups in total. The van der Waals surface area contributed by atoms with Crippen molar-refractivity contribution in [2.24, 2.45) is 5.73 Å². The third-order valence-corrected chi connectivity index (χ3v) is 9.27. The van der Waals surface area contributed by atoms with Crippen molar-refractivity contribution in [2.45, 2.75) is 76.5 Å². The molecular formula is C17H37NO4SSi. The molecule has 1 fully saturated rings. The molecule has 7 heteroatoms. The van der Waals surface area contributed by atoms with Gasteiger partial charge >= 0.3 is 8.56 Å². The second-order valence-corrected chi connectivity index (χ2v) is 10.3. The molecule has 1 saturated heterocycles. The van der Waals surface area contributed by atoms with Crippen LogP contribution in [0.25, 0.3) is 0 Å². The van der Waals surface area contributed by atoms with Gasteiger partial charge in [-0.15, -0.1) is 0 Å². The van der Waals surface area contributed by atoms with Crippen LogP contribution in [-0.2, 0) is 18.3 Å². The van der Waals surface area contributed by atoms with Gasteiger partial charge in [-0.2, -0.15) is 0 Å². The molecule has 144 valence electrons. The second-order valence-electron chi connectivity index (χ2n) is 6.19. The summed E-state index contributed by atoms with van der Waals surface area (Å²) in [5, 5.41) is 0.0369. The second kappa shape index (κ2) is 13.1. The van der Waals surface area contributed by atoms with Crippen LogP contribution < -0.4 is 5.73 Å². The summed E-state index contributed by atoms with van der Waals surface area (Å²) in [5.74, 6) is 0. The van der Waals surface area contributed by atoms with E-state index in [4.69, 9.17) is 24.1 Å². The van der Waals surface area contributed by atoms with Gasteiger partial charge in [-0.1, -0.05) is 46.0 Å². The molecule has 1 unspecified atom stereocenters. The zero-order chi connectivity index (χ0) is 18.5. The summed E-state index contributed by atoms with van der Waals surface area (Å²) in [6.07, 6.45) is 9.13. The Morgan fingerprint density at radius 2 is 1.75 bits per heavy atom. The fourth-order valence-electron chi connectivity index (χ4n) is 3.45. The van der Waals surface area contributed by atoms with Gasteiger partial charge in [0.25, 0.3) is 5.17 Å². The van der Waals surface area contributed by atoms with Gasteiger partial charge < -0.3 is 24.1 Å². The lowest BCUT2D eigenvalue weighted by Gasteiger charge is -2.47. The molecule has 1 aliphatic heterocycles. The van der Waals surface area contributed by atoms with Crippen LogP contribution in [0.5, 0.6) is 0 Å². The number of nitrogens with two attached hydrogens (primary N) is 1. The number of unbranched alkanes of at least 4 members (excludes halogenated alkanes) is 2. The fraction of sp³-hybridized carbons (Fsp3) is 0.941. The van der Waals surface area contributed by atoms with E-state index in [9.17, 15) is 0 Å². The van der Waals surface area contributed by atoms with E-state index in [1.807, 2.05) is 0 Å². The minimum absolute atomic E-state index is 0.122. The summed E-state index contributed by atoms with van der Waals surface area (Å²) in [6.45, 7) is 5.00. The van der Waals surface area contributed by atoms with Gasteiger partial charge in [0.15, 0.2) is 0 Å². The van der Waals surface area contributed by atoms with E-state index in [1.54, 1.807) is 21.3 Å². The maximum Gasteiger partial charge on any atom is 0.370 e. The first kappa shape index (κ1) is 23.8. The van der Waals surface area contributed by atoms with Crippen LogP contribution >= 0.6 is 12.2 Å². The van der Waals surface area contributed by atoms with Crippen molar-refractivity contribution >= 4 is 26.0 Å². The van der Waals surface area contributed by atoms with Gasteiger partial charge in [-0.3, -0.25) is 0 Å². The maximum atomic E-state index is 5.83. The van der Waals surface area contributed by atoms with Crippen LogP contribution in [0.1, 0.15) is 65.2 Å². The third kappa shape index (κ3) is 6.96. The maximum absolute atomic E-state index is 5.83. The van der Waals surface area contributed by atoms with Crippen LogP contribution in [0.3, 0.4) is 0 Å². The predicted octanol–water partition coefficient (Wildman–Crippen LogP) is 4.07. The summed E-state index contributed by atoms with van der Waals surface area (Å²) < 4.78 is 22.2. The van der Waals surface area contributed by atoms with Crippen molar-refractivity contribution in [1.29, 1.82) is 0 Å². The van der Waals surface area contributed by atoms with Gasteiger partial charge in [0.05, 0.1) is 6.61 Å². The van der Waals surface area contributed by atoms with Crippen LogP contribution in [0, 0.1) is 0 Å². The van der Waals surface area contributed by atoms with Crippen molar-refractivity contribution in [3.63, 3.8) is 0 Å². The minimum atomic E-state index is -2.15. The Balaban J connectivity index is 0.000000506. The Kier molecular flexibility index (Phi) is 12.9. The SMILES string of the molecule is CCCC1(OC)CCCC[Si]1(OC)OC.CCCCCOC(N)=S. The first-order valence-corrected chi connectivity index (χ1v) is 11.5. The van der Waals surface area contributed by atoms with E-state index in [0.717, 1.165) is 31.7 Å². The normalized spacial score (nSPS) is 22.4. The molecule has 0 spiro atoms. The van der Waals surface area contributed by atoms with E-state index >= 15 is 0 Å². The van der Waals surface area contributed by atoms with E-state index in [0.29, 0.717) is 6.61 Å². The highest BCUT2D eigenvalue weighted by molar-refractivity contribution is 7.80. The molecule has 0 aromatic heterocycles. The molecular weight excluding hydrogens is 342 g/mol. The van der Waals surface area contributed by atoms with E-state index in [1.165, 1.54) is 25.7 Å². The predicted molar refractivity (Wildman–Crippen MR) is 105 cm³/mol. The van der Waals surface area contributed by atoms with Crippen LogP contribution in [0.15, 0.2) is 0 Å². The average molecular weight is 380 g/mol. The molecule has 0 aromatic carbocycles. The van der Waals surface area contributed by atoms with Crippen molar-refractivity contribution < 1.29 is 18.3 Å². The number of hydrogen-bond donors (Lipinski definition) is 1. The zero-order valence-corrected chi connectivity index (χ0v) is 18.0. The largest absolute Gasteiger partial charge is 0.471 e. The summed E-state index contributed by atoms with van der Waals surface area (Å²) in [5.41, 5.74) is 5.08. The Hall–Kier alpha value is -0.213. The Morgan fingerprint density at radius 1 is 1.08 bits per heavy atom. The average Bonchev–Trinajstić information content (AvgIpc) is 2.60. The summed E-state index contributed by atoms with van der Waals surface area (Å²) >= 11 is 4.50. The van der Waals surface area contributed by atoms with Gasteiger partial charge in [0.2, 0.25) is 0 Å². The lowest BCUT2D eigenvalue weighted by Crippen LogP contribution is -2.64. The Bertz CT molecular complexity index is 339. The first-order valence-electron chi connectivity index (χ1n) is 9.05. The highest BCUT2D eigenvalue weighted by atomic mass is 32.1. The molecule has 0 radical (unpaired) electrons. The zero-order valence-electron chi connectivity index (χ0n) is 16.2. The lowest BCUT2D eigenvalue weighted by molar-refractivity contribution is -0.0149. The topological polar surface area (TPSA) is 62.9 Å². The fourth-order valence-corrected chi connectivity index (χ4v) is 7.52. The van der Waals surface area contributed by atoms with Crippen molar-refractivity contribution in [3.8, 4) is 0 Å².